The number of pyridine rings is 1. The molecule has 0 atom stereocenters. The van der Waals surface area contributed by atoms with Gasteiger partial charge >= 0.3 is 12.1 Å². The first-order valence-electron chi connectivity index (χ1n) is 6.23. The quantitative estimate of drug-likeness (QED) is 0.940. The van der Waals surface area contributed by atoms with E-state index in [-0.39, 0.29) is 12.3 Å². The second kappa shape index (κ2) is 6.05. The molecular weight excluding hydrogens is 299 g/mol. The van der Waals surface area contributed by atoms with Gasteiger partial charge in [-0.05, 0) is 29.3 Å². The van der Waals surface area contributed by atoms with Crippen molar-refractivity contribution in [2.75, 3.05) is 7.11 Å². The zero-order valence-electron chi connectivity index (χ0n) is 11.5. The highest BCUT2D eigenvalue weighted by Crippen LogP contribution is 2.33. The molecule has 116 valence electrons. The van der Waals surface area contributed by atoms with Gasteiger partial charge in [0.05, 0.1) is 19.1 Å². The average molecular weight is 311 g/mol. The van der Waals surface area contributed by atoms with Gasteiger partial charge in [0.15, 0.2) is 0 Å². The summed E-state index contributed by atoms with van der Waals surface area (Å²) in [6.07, 6.45) is -3.28. The van der Waals surface area contributed by atoms with E-state index in [1.165, 1.54) is 25.4 Å². The first-order chi connectivity index (χ1) is 10.3. The second-order valence-corrected chi connectivity index (χ2v) is 4.55. The van der Waals surface area contributed by atoms with Crippen molar-refractivity contribution in [1.29, 1.82) is 0 Å². The minimum atomic E-state index is -4.41. The smallest absolute Gasteiger partial charge is 0.416 e. The number of hydrogen-bond acceptors (Lipinski definition) is 3. The molecule has 0 spiro atoms. The molecule has 0 fully saturated rings. The predicted molar refractivity (Wildman–Crippen MR) is 72.6 cm³/mol. The van der Waals surface area contributed by atoms with Gasteiger partial charge in [0.25, 0.3) is 0 Å². The van der Waals surface area contributed by atoms with Crippen molar-refractivity contribution < 1.29 is 27.8 Å². The molecule has 7 heteroatoms. The number of nitrogens with zero attached hydrogens (tertiary/aromatic N) is 1. The molecule has 1 heterocycles. The number of rotatable bonds is 4. The lowest BCUT2D eigenvalue weighted by Crippen LogP contribution is -2.04. The Morgan fingerprint density at radius 1 is 1.27 bits per heavy atom. The number of halogens is 3. The highest BCUT2D eigenvalue weighted by atomic mass is 19.4. The van der Waals surface area contributed by atoms with Crippen molar-refractivity contribution in [2.24, 2.45) is 0 Å². The Hall–Kier alpha value is -2.57. The molecule has 0 aliphatic heterocycles. The van der Waals surface area contributed by atoms with Crippen LogP contribution in [0.2, 0.25) is 0 Å². The Bertz CT molecular complexity index is 681. The molecule has 0 aliphatic rings. The second-order valence-electron chi connectivity index (χ2n) is 4.55. The third-order valence-corrected chi connectivity index (χ3v) is 2.98. The number of carbonyl (C=O) groups is 1. The molecule has 0 saturated heterocycles. The molecule has 2 rings (SSSR count). The highest BCUT2D eigenvalue weighted by molar-refractivity contribution is 5.73. The van der Waals surface area contributed by atoms with Crippen molar-refractivity contribution in [2.45, 2.75) is 12.6 Å². The number of carboxylic acids is 1. The van der Waals surface area contributed by atoms with Crippen molar-refractivity contribution in [1.82, 2.24) is 4.98 Å². The fraction of sp³-hybridized carbons (Fsp3) is 0.200. The van der Waals surface area contributed by atoms with Gasteiger partial charge in [0, 0.05) is 11.8 Å². The number of aliphatic carboxylic acids is 1. The molecule has 0 radical (unpaired) electrons. The maximum Gasteiger partial charge on any atom is 0.416 e. The van der Waals surface area contributed by atoms with Gasteiger partial charge in [-0.25, -0.2) is 4.98 Å². The summed E-state index contributed by atoms with van der Waals surface area (Å²) in [5, 5.41) is 8.80. The van der Waals surface area contributed by atoms with Crippen molar-refractivity contribution >= 4 is 5.97 Å². The van der Waals surface area contributed by atoms with E-state index in [9.17, 15) is 18.0 Å². The van der Waals surface area contributed by atoms with Crippen LogP contribution < -0.4 is 4.74 Å². The molecular formula is C15H12F3NO3. The van der Waals surface area contributed by atoms with Gasteiger partial charge in [-0.1, -0.05) is 12.1 Å². The van der Waals surface area contributed by atoms with Gasteiger partial charge < -0.3 is 9.84 Å². The lowest BCUT2D eigenvalue weighted by molar-refractivity contribution is -0.138. The third kappa shape index (κ3) is 3.55. The van der Waals surface area contributed by atoms with E-state index >= 15 is 0 Å². The fourth-order valence-corrected chi connectivity index (χ4v) is 1.98. The van der Waals surface area contributed by atoms with Gasteiger partial charge in [-0.3, -0.25) is 4.79 Å². The Balaban J connectivity index is 2.43. The number of alkyl halides is 3. The van der Waals surface area contributed by atoms with Crippen LogP contribution in [0.3, 0.4) is 0 Å². The number of carboxylic acid groups (broad SMARTS) is 1. The zero-order chi connectivity index (χ0) is 16.3. The zero-order valence-corrected chi connectivity index (χ0v) is 11.5. The van der Waals surface area contributed by atoms with E-state index in [0.717, 1.165) is 12.1 Å². The van der Waals surface area contributed by atoms with Crippen LogP contribution in [0.15, 0.2) is 36.5 Å². The van der Waals surface area contributed by atoms with Gasteiger partial charge in [0.1, 0.15) is 0 Å². The Morgan fingerprint density at radius 2 is 1.91 bits per heavy atom. The van der Waals surface area contributed by atoms with Crippen molar-refractivity contribution in [3.05, 3.63) is 47.7 Å². The normalized spacial score (nSPS) is 11.3. The van der Waals surface area contributed by atoms with Crippen LogP contribution in [0.1, 0.15) is 11.1 Å². The lowest BCUT2D eigenvalue weighted by Gasteiger charge is -2.11. The van der Waals surface area contributed by atoms with E-state index in [0.29, 0.717) is 16.7 Å². The summed E-state index contributed by atoms with van der Waals surface area (Å²) < 4.78 is 42.8. The molecule has 0 unspecified atom stereocenters. The highest BCUT2D eigenvalue weighted by Gasteiger charge is 2.30. The third-order valence-electron chi connectivity index (χ3n) is 2.98. The van der Waals surface area contributed by atoms with E-state index in [1.807, 2.05) is 0 Å². The van der Waals surface area contributed by atoms with Crippen LogP contribution in [-0.4, -0.2) is 23.2 Å². The summed E-state index contributed by atoms with van der Waals surface area (Å²) in [5.41, 5.74) is 0.577. The molecule has 22 heavy (non-hydrogen) atoms. The van der Waals surface area contributed by atoms with Crippen LogP contribution in [0.4, 0.5) is 13.2 Å². The molecule has 1 aromatic heterocycles. The summed E-state index contributed by atoms with van der Waals surface area (Å²) in [6.45, 7) is 0. The fourth-order valence-electron chi connectivity index (χ4n) is 1.98. The van der Waals surface area contributed by atoms with Crippen LogP contribution in [-0.2, 0) is 17.4 Å². The van der Waals surface area contributed by atoms with Crippen molar-refractivity contribution in [3.63, 3.8) is 0 Å². The average Bonchev–Trinajstić information content (AvgIpc) is 2.46. The van der Waals surface area contributed by atoms with E-state index in [2.05, 4.69) is 4.98 Å². The number of ether oxygens (including phenoxy) is 1. The standard InChI is InChI=1S/C15H12F3NO3/c1-22-14-12(6-9(8-19-14)7-13(20)21)10-2-4-11(5-3-10)15(16,17)18/h2-6,8H,7H2,1H3,(H,20,21). The summed E-state index contributed by atoms with van der Waals surface area (Å²) >= 11 is 0. The lowest BCUT2D eigenvalue weighted by atomic mass is 10.0. The molecule has 4 nitrogen and oxygen atoms in total. The topological polar surface area (TPSA) is 59.4 Å². The van der Waals surface area contributed by atoms with Crippen molar-refractivity contribution in [3.8, 4) is 17.0 Å². The van der Waals surface area contributed by atoms with Crippen LogP contribution in [0, 0.1) is 0 Å². The van der Waals surface area contributed by atoms with Crippen LogP contribution >= 0.6 is 0 Å². The first kappa shape index (κ1) is 15.8. The van der Waals surface area contributed by atoms with Gasteiger partial charge in [-0.15, -0.1) is 0 Å². The molecule has 1 N–H and O–H groups in total. The van der Waals surface area contributed by atoms with E-state index in [1.54, 1.807) is 6.07 Å². The van der Waals surface area contributed by atoms with E-state index in [4.69, 9.17) is 9.84 Å². The molecule has 1 aromatic carbocycles. The largest absolute Gasteiger partial charge is 0.481 e. The summed E-state index contributed by atoms with van der Waals surface area (Å²) in [7, 11) is 1.38. The number of aromatic nitrogens is 1. The molecule has 0 bridgehead atoms. The van der Waals surface area contributed by atoms with Crippen LogP contribution in [0.5, 0.6) is 5.88 Å². The van der Waals surface area contributed by atoms with Gasteiger partial charge in [0.2, 0.25) is 5.88 Å². The monoisotopic (exact) mass is 311 g/mol. The Labute approximate surface area is 124 Å². The summed E-state index contributed by atoms with van der Waals surface area (Å²) in [4.78, 5) is 14.7. The SMILES string of the molecule is COc1ncc(CC(=O)O)cc1-c1ccc(C(F)(F)F)cc1. The van der Waals surface area contributed by atoms with E-state index < -0.39 is 17.7 Å². The molecule has 0 amide bonds. The Kier molecular flexibility index (Phi) is 4.35. The minimum Gasteiger partial charge on any atom is -0.481 e. The molecule has 2 aromatic rings. The maximum absolute atomic E-state index is 12.6. The van der Waals surface area contributed by atoms with Crippen LogP contribution in [0.25, 0.3) is 11.1 Å². The molecule has 0 aliphatic carbocycles. The number of methoxy groups -OCH3 is 1. The number of hydrogen-bond donors (Lipinski definition) is 1. The van der Waals surface area contributed by atoms with Gasteiger partial charge in [-0.2, -0.15) is 13.2 Å². The summed E-state index contributed by atoms with van der Waals surface area (Å²) in [6, 6.07) is 6.06. The predicted octanol–water partition coefficient (Wildman–Crippen LogP) is 3.40. The summed E-state index contributed by atoms with van der Waals surface area (Å²) in [5.74, 6) is -0.806. The molecule has 0 saturated carbocycles. The Morgan fingerprint density at radius 3 is 2.41 bits per heavy atom. The maximum atomic E-state index is 12.6. The first-order valence-corrected chi connectivity index (χ1v) is 6.23. The minimum absolute atomic E-state index is 0.217. The number of benzene rings is 1.